The van der Waals surface area contributed by atoms with Crippen LogP contribution in [0.4, 0.5) is 0 Å². The molecule has 2 aromatic rings. The predicted molar refractivity (Wildman–Crippen MR) is 117 cm³/mol. The first-order chi connectivity index (χ1) is 15.1. The van der Waals surface area contributed by atoms with Gasteiger partial charge in [0.05, 0.1) is 12.2 Å². The molecular weight excluding hydrogens is 414 g/mol. The van der Waals surface area contributed by atoms with Crippen LogP contribution in [0.2, 0.25) is 0 Å². The number of nitrogens with zero attached hydrogens (tertiary/aromatic N) is 2. The maximum atomic E-state index is 13.1. The van der Waals surface area contributed by atoms with Crippen LogP contribution in [0.1, 0.15) is 51.8 Å². The van der Waals surface area contributed by atoms with E-state index < -0.39 is 23.7 Å². The Morgan fingerprint density at radius 1 is 1.25 bits per heavy atom. The van der Waals surface area contributed by atoms with Crippen LogP contribution < -0.4 is 0 Å². The van der Waals surface area contributed by atoms with Crippen LogP contribution >= 0.6 is 0 Å². The van der Waals surface area contributed by atoms with E-state index in [2.05, 4.69) is 4.98 Å². The number of aromatic amines is 1. The molecular formula is C23H29N3O6. The number of likely N-dealkylation sites (tertiary alicyclic amines) is 1. The lowest BCUT2D eigenvalue weighted by atomic mass is 9.97. The number of aliphatic hydroxyl groups is 1. The van der Waals surface area contributed by atoms with Crippen LogP contribution in [0.25, 0.3) is 5.76 Å². The normalized spacial score (nSPS) is 18.1. The molecule has 9 nitrogen and oxygen atoms in total. The van der Waals surface area contributed by atoms with Gasteiger partial charge in [0.25, 0.3) is 11.7 Å². The molecule has 1 fully saturated rings. The number of aryl methyl sites for hydroxylation is 2. The van der Waals surface area contributed by atoms with Gasteiger partial charge < -0.3 is 29.0 Å². The third-order valence-electron chi connectivity index (χ3n) is 5.51. The number of carbonyl (C=O) groups excluding carboxylic acids is 3. The van der Waals surface area contributed by atoms with Crippen molar-refractivity contribution in [3.63, 3.8) is 0 Å². The Balaban J connectivity index is 2.17. The summed E-state index contributed by atoms with van der Waals surface area (Å²) in [6.45, 7) is 7.80. The van der Waals surface area contributed by atoms with Crippen molar-refractivity contribution in [1.29, 1.82) is 0 Å². The van der Waals surface area contributed by atoms with Crippen LogP contribution in [0, 0.1) is 20.8 Å². The predicted octanol–water partition coefficient (Wildman–Crippen LogP) is 2.69. The molecule has 0 aliphatic carbocycles. The summed E-state index contributed by atoms with van der Waals surface area (Å²) in [6, 6.07) is 2.57. The van der Waals surface area contributed by atoms with Gasteiger partial charge in [-0.2, -0.15) is 0 Å². The Morgan fingerprint density at radius 3 is 2.50 bits per heavy atom. The Hall–Kier alpha value is -3.33. The van der Waals surface area contributed by atoms with Gasteiger partial charge in [0.15, 0.2) is 0 Å². The number of amides is 1. The van der Waals surface area contributed by atoms with E-state index in [0.29, 0.717) is 34.9 Å². The molecule has 9 heteroatoms. The number of likely N-dealkylation sites (N-methyl/N-ethyl adjacent to an activating group) is 1. The van der Waals surface area contributed by atoms with Gasteiger partial charge in [0.1, 0.15) is 29.0 Å². The zero-order valence-electron chi connectivity index (χ0n) is 19.2. The van der Waals surface area contributed by atoms with Crippen molar-refractivity contribution in [2.75, 3.05) is 33.8 Å². The summed E-state index contributed by atoms with van der Waals surface area (Å²) in [5.74, 6) is -1.40. The molecule has 0 aromatic carbocycles. The Labute approximate surface area is 186 Å². The lowest BCUT2D eigenvalue weighted by molar-refractivity contribution is -0.140. The van der Waals surface area contributed by atoms with Crippen LogP contribution in [-0.4, -0.2) is 71.3 Å². The Morgan fingerprint density at radius 2 is 1.94 bits per heavy atom. The second-order valence-electron chi connectivity index (χ2n) is 8.09. The molecule has 0 spiro atoms. The van der Waals surface area contributed by atoms with Crippen molar-refractivity contribution < 1.29 is 28.6 Å². The van der Waals surface area contributed by atoms with E-state index in [4.69, 9.17) is 9.15 Å². The summed E-state index contributed by atoms with van der Waals surface area (Å²) in [5.41, 5.74) is 1.35. The molecule has 1 amide bonds. The third-order valence-corrected chi connectivity index (χ3v) is 5.51. The maximum absolute atomic E-state index is 13.1. The molecule has 1 atom stereocenters. The van der Waals surface area contributed by atoms with Gasteiger partial charge in [-0.3, -0.25) is 9.59 Å². The number of nitrogens with one attached hydrogen (secondary N) is 1. The SMILES string of the molecule is CCOC(=O)c1[nH]c(C)c(/C(O)=C2\C(=O)C(=O)N(CCN(C)C)[C@H]2c2ccc(C)o2)c1C. The van der Waals surface area contributed by atoms with Crippen LogP contribution in [0.15, 0.2) is 22.1 Å². The smallest absolute Gasteiger partial charge is 0.355 e. The van der Waals surface area contributed by atoms with Crippen LogP contribution in [0.3, 0.4) is 0 Å². The Kier molecular flexibility index (Phi) is 6.59. The highest BCUT2D eigenvalue weighted by Crippen LogP contribution is 2.41. The molecule has 172 valence electrons. The van der Waals surface area contributed by atoms with Crippen LogP contribution in [-0.2, 0) is 14.3 Å². The van der Waals surface area contributed by atoms with Crippen molar-refractivity contribution in [1.82, 2.24) is 14.8 Å². The zero-order valence-corrected chi connectivity index (χ0v) is 19.2. The number of aliphatic hydroxyl groups excluding tert-OH is 1. The highest BCUT2D eigenvalue weighted by atomic mass is 16.5. The van der Waals surface area contributed by atoms with Crippen molar-refractivity contribution in [2.24, 2.45) is 0 Å². The number of ketones is 1. The topological polar surface area (TPSA) is 116 Å². The van der Waals surface area contributed by atoms with E-state index in [1.165, 1.54) is 4.90 Å². The molecule has 1 saturated heterocycles. The molecule has 3 rings (SSSR count). The minimum Gasteiger partial charge on any atom is -0.507 e. The first-order valence-corrected chi connectivity index (χ1v) is 10.4. The van der Waals surface area contributed by atoms with Gasteiger partial charge in [-0.15, -0.1) is 0 Å². The molecule has 0 radical (unpaired) electrons. The molecule has 1 aliphatic rings. The minimum absolute atomic E-state index is 0.0660. The van der Waals surface area contributed by atoms with Crippen molar-refractivity contribution in [3.05, 3.63) is 51.7 Å². The van der Waals surface area contributed by atoms with Gasteiger partial charge in [-0.25, -0.2) is 4.79 Å². The lowest BCUT2D eigenvalue weighted by Crippen LogP contribution is -2.35. The van der Waals surface area contributed by atoms with E-state index in [1.807, 2.05) is 19.0 Å². The van der Waals surface area contributed by atoms with E-state index in [9.17, 15) is 19.5 Å². The number of hydrogen-bond acceptors (Lipinski definition) is 7. The summed E-state index contributed by atoms with van der Waals surface area (Å²) in [6.07, 6.45) is 0. The number of aromatic nitrogens is 1. The van der Waals surface area contributed by atoms with E-state index in [-0.39, 0.29) is 30.2 Å². The van der Waals surface area contributed by atoms with Gasteiger partial charge in [-0.1, -0.05) is 0 Å². The summed E-state index contributed by atoms with van der Waals surface area (Å²) in [7, 11) is 3.73. The number of furan rings is 1. The molecule has 3 heterocycles. The maximum Gasteiger partial charge on any atom is 0.355 e. The van der Waals surface area contributed by atoms with E-state index >= 15 is 0 Å². The monoisotopic (exact) mass is 443 g/mol. The second kappa shape index (κ2) is 9.04. The molecule has 1 aliphatic heterocycles. The summed E-state index contributed by atoms with van der Waals surface area (Å²) in [4.78, 5) is 44.5. The fourth-order valence-corrected chi connectivity index (χ4v) is 3.96. The van der Waals surface area contributed by atoms with E-state index in [1.54, 1.807) is 39.8 Å². The van der Waals surface area contributed by atoms with Crippen molar-refractivity contribution in [3.8, 4) is 0 Å². The number of H-pyrrole nitrogens is 1. The number of ether oxygens (including phenoxy) is 1. The fourth-order valence-electron chi connectivity index (χ4n) is 3.96. The average Bonchev–Trinajstić information content (AvgIpc) is 3.35. The summed E-state index contributed by atoms with van der Waals surface area (Å²) >= 11 is 0. The standard InChI is InChI=1S/C23H29N3O6/c1-7-31-23(30)18-13(3)16(14(4)24-18)20(27)17-19(15-9-8-12(2)32-15)26(11-10-25(5)6)22(29)21(17)28/h8-9,19,24,27H,7,10-11H2,1-6H3/b20-17+/t19-/m0/s1. The van der Waals surface area contributed by atoms with Gasteiger partial charge >= 0.3 is 5.97 Å². The Bertz CT molecular complexity index is 1090. The van der Waals surface area contributed by atoms with E-state index in [0.717, 1.165) is 0 Å². The molecule has 0 bridgehead atoms. The number of hydrogen-bond donors (Lipinski definition) is 2. The van der Waals surface area contributed by atoms with Gasteiger partial charge in [0, 0.05) is 24.3 Å². The molecule has 0 saturated carbocycles. The lowest BCUT2D eigenvalue weighted by Gasteiger charge is -2.24. The fraction of sp³-hybridized carbons (Fsp3) is 0.435. The number of esters is 1. The average molecular weight is 444 g/mol. The van der Waals surface area contributed by atoms with Gasteiger partial charge in [0.2, 0.25) is 0 Å². The van der Waals surface area contributed by atoms with Crippen molar-refractivity contribution in [2.45, 2.75) is 33.7 Å². The number of carbonyl (C=O) groups is 3. The second-order valence-corrected chi connectivity index (χ2v) is 8.09. The summed E-state index contributed by atoms with van der Waals surface area (Å²) < 4.78 is 10.8. The third kappa shape index (κ3) is 4.08. The molecule has 32 heavy (non-hydrogen) atoms. The highest BCUT2D eigenvalue weighted by molar-refractivity contribution is 6.46. The number of Topliss-reactive ketones (excluding diaryl/α,β-unsaturated/α-hetero) is 1. The number of rotatable bonds is 7. The first kappa shape index (κ1) is 23.3. The zero-order chi connectivity index (χ0) is 23.7. The quantitative estimate of drug-likeness (QED) is 0.292. The first-order valence-electron chi connectivity index (χ1n) is 10.4. The highest BCUT2D eigenvalue weighted by Gasteiger charge is 2.47. The van der Waals surface area contributed by atoms with Crippen molar-refractivity contribution >= 4 is 23.4 Å². The minimum atomic E-state index is -0.872. The summed E-state index contributed by atoms with van der Waals surface area (Å²) in [5, 5.41) is 11.3. The molecule has 2 N–H and O–H groups in total. The largest absolute Gasteiger partial charge is 0.507 e. The van der Waals surface area contributed by atoms with Crippen LogP contribution in [0.5, 0.6) is 0 Å². The van der Waals surface area contributed by atoms with Gasteiger partial charge in [-0.05, 0) is 59.5 Å². The molecule has 0 unspecified atom stereocenters. The molecule has 2 aromatic heterocycles.